The number of fused-ring (bicyclic) bond motifs is 1. The van der Waals surface area contributed by atoms with Crippen LogP contribution in [0.2, 0.25) is 0 Å². The van der Waals surface area contributed by atoms with E-state index in [-0.39, 0.29) is 11.1 Å². The monoisotopic (exact) mass is 182 g/mol. The molecule has 0 fully saturated rings. The molecular formula is C7H3FN2O3. The summed E-state index contributed by atoms with van der Waals surface area (Å²) in [7, 11) is 0. The lowest BCUT2D eigenvalue weighted by atomic mass is 10.3. The van der Waals surface area contributed by atoms with Crippen molar-refractivity contribution in [3.8, 4) is 0 Å². The average molecular weight is 182 g/mol. The van der Waals surface area contributed by atoms with Gasteiger partial charge in [0.25, 0.3) is 0 Å². The van der Waals surface area contributed by atoms with Crippen LogP contribution in [0.3, 0.4) is 0 Å². The fourth-order valence-electron chi connectivity index (χ4n) is 0.967. The number of benzene rings is 1. The summed E-state index contributed by atoms with van der Waals surface area (Å²) in [5.74, 6) is -0.504. The van der Waals surface area contributed by atoms with E-state index in [0.717, 1.165) is 12.1 Å². The van der Waals surface area contributed by atoms with Crippen molar-refractivity contribution >= 4 is 17.1 Å². The first-order valence-corrected chi connectivity index (χ1v) is 3.37. The second-order valence-electron chi connectivity index (χ2n) is 2.37. The number of halogens is 1. The molecule has 66 valence electrons. The van der Waals surface area contributed by atoms with Crippen LogP contribution >= 0.6 is 0 Å². The predicted octanol–water partition coefficient (Wildman–Crippen LogP) is 1.88. The standard InChI is InChI=1S/C7H3FN2O3/c8-4-1-2-6-5(3-4)9-7(13-6)10(11)12/h1-3H. The quantitative estimate of drug-likeness (QED) is 0.498. The van der Waals surface area contributed by atoms with Crippen molar-refractivity contribution in [3.63, 3.8) is 0 Å². The summed E-state index contributed by atoms with van der Waals surface area (Å²) >= 11 is 0. The molecule has 0 aliphatic heterocycles. The summed E-state index contributed by atoms with van der Waals surface area (Å²) in [6.45, 7) is 0. The molecule has 0 N–H and O–H groups in total. The Morgan fingerprint density at radius 1 is 1.54 bits per heavy atom. The average Bonchev–Trinajstić information content (AvgIpc) is 2.46. The number of hydrogen-bond acceptors (Lipinski definition) is 4. The molecule has 0 aliphatic carbocycles. The Bertz CT molecular complexity index is 480. The van der Waals surface area contributed by atoms with Crippen LogP contribution in [0.1, 0.15) is 0 Å². The van der Waals surface area contributed by atoms with Crippen LogP contribution in [0, 0.1) is 15.9 Å². The van der Waals surface area contributed by atoms with Gasteiger partial charge in [-0.15, -0.1) is 0 Å². The SMILES string of the molecule is O=[N+]([O-])c1nc2cc(F)ccc2o1. The molecule has 6 heteroatoms. The number of nitrogens with zero attached hydrogens (tertiary/aromatic N) is 2. The first-order valence-electron chi connectivity index (χ1n) is 3.37. The van der Waals surface area contributed by atoms with Crippen molar-refractivity contribution in [2.24, 2.45) is 0 Å². The highest BCUT2D eigenvalue weighted by Gasteiger charge is 2.17. The summed E-state index contributed by atoms with van der Waals surface area (Å²) in [4.78, 5) is 12.9. The number of aromatic nitrogens is 1. The van der Waals surface area contributed by atoms with E-state index in [4.69, 9.17) is 4.42 Å². The van der Waals surface area contributed by atoms with Crippen LogP contribution in [-0.2, 0) is 0 Å². The Labute approximate surface area is 70.9 Å². The minimum absolute atomic E-state index is 0.145. The summed E-state index contributed by atoms with van der Waals surface area (Å²) in [6, 6.07) is 2.90. The van der Waals surface area contributed by atoms with E-state index in [1.165, 1.54) is 6.07 Å². The van der Waals surface area contributed by atoms with E-state index in [9.17, 15) is 14.5 Å². The van der Waals surface area contributed by atoms with Gasteiger partial charge in [0.1, 0.15) is 5.82 Å². The van der Waals surface area contributed by atoms with Crippen molar-refractivity contribution in [2.75, 3.05) is 0 Å². The zero-order valence-corrected chi connectivity index (χ0v) is 6.23. The molecule has 2 rings (SSSR count). The van der Waals surface area contributed by atoms with Gasteiger partial charge in [-0.1, -0.05) is 0 Å². The van der Waals surface area contributed by atoms with Gasteiger partial charge in [-0.05, 0) is 12.1 Å². The van der Waals surface area contributed by atoms with Crippen molar-refractivity contribution < 1.29 is 13.7 Å². The van der Waals surface area contributed by atoms with Gasteiger partial charge in [-0.3, -0.25) is 0 Å². The Morgan fingerprint density at radius 2 is 2.31 bits per heavy atom. The van der Waals surface area contributed by atoms with Gasteiger partial charge in [-0.25, -0.2) is 4.39 Å². The molecule has 1 aromatic heterocycles. The first kappa shape index (κ1) is 7.66. The normalized spacial score (nSPS) is 10.5. The maximum absolute atomic E-state index is 12.6. The molecule has 0 aliphatic rings. The van der Waals surface area contributed by atoms with E-state index in [1.54, 1.807) is 0 Å². The van der Waals surface area contributed by atoms with E-state index < -0.39 is 16.8 Å². The third-order valence-electron chi connectivity index (χ3n) is 1.49. The zero-order chi connectivity index (χ0) is 9.42. The third kappa shape index (κ3) is 1.22. The summed E-state index contributed by atoms with van der Waals surface area (Å²) < 4.78 is 17.3. The van der Waals surface area contributed by atoms with Gasteiger partial charge < -0.3 is 14.5 Å². The molecule has 5 nitrogen and oxygen atoms in total. The molecule has 0 atom stereocenters. The zero-order valence-electron chi connectivity index (χ0n) is 6.23. The molecular weight excluding hydrogens is 179 g/mol. The third-order valence-corrected chi connectivity index (χ3v) is 1.49. The van der Waals surface area contributed by atoms with Crippen molar-refractivity contribution in [3.05, 3.63) is 34.1 Å². The topological polar surface area (TPSA) is 69.2 Å². The first-order chi connectivity index (χ1) is 6.16. The fraction of sp³-hybridized carbons (Fsp3) is 0. The smallest absolute Gasteiger partial charge is 0.381 e. The lowest BCUT2D eigenvalue weighted by Gasteiger charge is -1.82. The molecule has 1 heterocycles. The van der Waals surface area contributed by atoms with E-state index in [1.807, 2.05) is 0 Å². The molecule has 0 spiro atoms. The second-order valence-corrected chi connectivity index (χ2v) is 2.37. The van der Waals surface area contributed by atoms with E-state index in [0.29, 0.717) is 0 Å². The molecule has 0 bridgehead atoms. The van der Waals surface area contributed by atoms with Gasteiger partial charge in [0.15, 0.2) is 5.58 Å². The minimum Gasteiger partial charge on any atom is -0.381 e. The van der Waals surface area contributed by atoms with Gasteiger partial charge in [0.2, 0.25) is 5.52 Å². The number of nitro groups is 1. The molecule has 0 saturated carbocycles. The van der Waals surface area contributed by atoms with Crippen LogP contribution < -0.4 is 0 Å². The van der Waals surface area contributed by atoms with Crippen LogP contribution in [0.25, 0.3) is 11.1 Å². The molecule has 2 aromatic rings. The lowest BCUT2D eigenvalue weighted by molar-refractivity contribution is -0.406. The highest BCUT2D eigenvalue weighted by atomic mass is 19.1. The Hall–Kier alpha value is -1.98. The number of hydrogen-bond donors (Lipinski definition) is 0. The van der Waals surface area contributed by atoms with E-state index >= 15 is 0 Å². The largest absolute Gasteiger partial charge is 0.546 e. The maximum Gasteiger partial charge on any atom is 0.546 e. The summed E-state index contributed by atoms with van der Waals surface area (Å²) in [6.07, 6.45) is 0. The minimum atomic E-state index is -0.766. The Morgan fingerprint density at radius 3 is 3.00 bits per heavy atom. The summed E-state index contributed by atoms with van der Waals surface area (Å²) in [5, 5.41) is 10.2. The second kappa shape index (κ2) is 2.51. The summed E-state index contributed by atoms with van der Waals surface area (Å²) in [5.41, 5.74) is 0.347. The molecule has 0 unspecified atom stereocenters. The number of oxazole rings is 1. The van der Waals surface area contributed by atoms with Crippen molar-refractivity contribution in [1.29, 1.82) is 0 Å². The molecule has 1 aromatic carbocycles. The van der Waals surface area contributed by atoms with Gasteiger partial charge in [0.05, 0.1) is 0 Å². The molecule has 13 heavy (non-hydrogen) atoms. The Balaban J connectivity index is 2.68. The Kier molecular flexibility index (Phi) is 1.48. The van der Waals surface area contributed by atoms with Gasteiger partial charge in [-0.2, -0.15) is 0 Å². The van der Waals surface area contributed by atoms with Crippen LogP contribution in [0.4, 0.5) is 10.4 Å². The van der Waals surface area contributed by atoms with Crippen LogP contribution in [0.5, 0.6) is 0 Å². The van der Waals surface area contributed by atoms with Crippen molar-refractivity contribution in [1.82, 2.24) is 4.98 Å². The number of rotatable bonds is 1. The molecule has 0 saturated heterocycles. The van der Waals surface area contributed by atoms with E-state index in [2.05, 4.69) is 4.98 Å². The lowest BCUT2D eigenvalue weighted by Crippen LogP contribution is -1.85. The maximum atomic E-state index is 12.6. The highest BCUT2D eigenvalue weighted by Crippen LogP contribution is 2.20. The van der Waals surface area contributed by atoms with Crippen LogP contribution in [-0.4, -0.2) is 9.91 Å². The predicted molar refractivity (Wildman–Crippen MR) is 40.6 cm³/mol. The molecule has 0 radical (unpaired) electrons. The van der Waals surface area contributed by atoms with Crippen molar-refractivity contribution in [2.45, 2.75) is 0 Å². The van der Waals surface area contributed by atoms with Gasteiger partial charge >= 0.3 is 6.01 Å². The highest BCUT2D eigenvalue weighted by molar-refractivity contribution is 5.73. The van der Waals surface area contributed by atoms with Gasteiger partial charge in [0, 0.05) is 16.0 Å². The molecule has 0 amide bonds. The van der Waals surface area contributed by atoms with Crippen LogP contribution in [0.15, 0.2) is 22.6 Å². The fourth-order valence-corrected chi connectivity index (χ4v) is 0.967.